The quantitative estimate of drug-likeness (QED) is 0.771. The van der Waals surface area contributed by atoms with Gasteiger partial charge in [-0.2, -0.15) is 11.8 Å². The molecule has 0 saturated heterocycles. The first-order chi connectivity index (χ1) is 9.83. The van der Waals surface area contributed by atoms with Crippen molar-refractivity contribution in [3.8, 4) is 0 Å². The number of rotatable bonds is 7. The van der Waals surface area contributed by atoms with Crippen LogP contribution in [0, 0.1) is 0 Å². The molecule has 4 heteroatoms. The lowest BCUT2D eigenvalue weighted by atomic mass is 10.0. The Bertz CT molecular complexity index is 566. The van der Waals surface area contributed by atoms with Gasteiger partial charge in [-0.15, -0.1) is 0 Å². The van der Waals surface area contributed by atoms with Crippen LogP contribution in [-0.4, -0.2) is 35.7 Å². The summed E-state index contributed by atoms with van der Waals surface area (Å²) < 4.78 is 0. The molecule has 0 aliphatic rings. The first-order valence-corrected chi connectivity index (χ1v) is 7.93. The SMILES string of the molecule is O=C(NCCSCCCO)c1cccc2ccccc12. The van der Waals surface area contributed by atoms with E-state index < -0.39 is 0 Å². The van der Waals surface area contributed by atoms with Crippen LogP contribution in [0.25, 0.3) is 10.8 Å². The van der Waals surface area contributed by atoms with Gasteiger partial charge in [0.25, 0.3) is 5.91 Å². The summed E-state index contributed by atoms with van der Waals surface area (Å²) >= 11 is 1.74. The number of thioether (sulfide) groups is 1. The summed E-state index contributed by atoms with van der Waals surface area (Å²) in [4.78, 5) is 12.2. The molecule has 0 unspecified atom stereocenters. The summed E-state index contributed by atoms with van der Waals surface area (Å²) in [6.07, 6.45) is 0.807. The molecule has 0 heterocycles. The maximum atomic E-state index is 12.2. The van der Waals surface area contributed by atoms with Gasteiger partial charge in [-0.3, -0.25) is 4.79 Å². The third kappa shape index (κ3) is 3.99. The number of fused-ring (bicyclic) bond motifs is 1. The predicted octanol–water partition coefficient (Wildman–Crippen LogP) is 2.69. The largest absolute Gasteiger partial charge is 0.396 e. The van der Waals surface area contributed by atoms with Gasteiger partial charge in [0.05, 0.1) is 0 Å². The first-order valence-electron chi connectivity index (χ1n) is 6.77. The average Bonchev–Trinajstić information content (AvgIpc) is 2.50. The van der Waals surface area contributed by atoms with E-state index in [1.165, 1.54) is 0 Å². The van der Waals surface area contributed by atoms with Gasteiger partial charge in [-0.05, 0) is 29.0 Å². The van der Waals surface area contributed by atoms with Crippen molar-refractivity contribution in [2.24, 2.45) is 0 Å². The van der Waals surface area contributed by atoms with Crippen LogP contribution in [0.15, 0.2) is 42.5 Å². The van der Waals surface area contributed by atoms with E-state index >= 15 is 0 Å². The van der Waals surface area contributed by atoms with Crippen molar-refractivity contribution in [1.82, 2.24) is 5.32 Å². The minimum Gasteiger partial charge on any atom is -0.396 e. The smallest absolute Gasteiger partial charge is 0.251 e. The molecule has 0 aromatic heterocycles. The van der Waals surface area contributed by atoms with E-state index in [0.29, 0.717) is 6.54 Å². The van der Waals surface area contributed by atoms with Crippen molar-refractivity contribution >= 4 is 28.4 Å². The Balaban J connectivity index is 1.91. The molecule has 2 aromatic rings. The Morgan fingerprint density at radius 2 is 1.90 bits per heavy atom. The summed E-state index contributed by atoms with van der Waals surface area (Å²) in [6, 6.07) is 13.7. The monoisotopic (exact) mass is 289 g/mol. The molecule has 0 fully saturated rings. The zero-order valence-corrected chi connectivity index (χ0v) is 12.2. The molecule has 2 N–H and O–H groups in total. The Kier molecular flexibility index (Phi) is 5.89. The van der Waals surface area contributed by atoms with Gasteiger partial charge in [0.1, 0.15) is 0 Å². The summed E-state index contributed by atoms with van der Waals surface area (Å²) in [5, 5.41) is 13.7. The van der Waals surface area contributed by atoms with E-state index in [4.69, 9.17) is 5.11 Å². The van der Waals surface area contributed by atoms with Crippen molar-refractivity contribution in [1.29, 1.82) is 0 Å². The molecule has 0 saturated carbocycles. The lowest BCUT2D eigenvalue weighted by Gasteiger charge is -2.08. The van der Waals surface area contributed by atoms with E-state index in [1.807, 2.05) is 42.5 Å². The topological polar surface area (TPSA) is 49.3 Å². The summed E-state index contributed by atoms with van der Waals surface area (Å²) in [5.74, 6) is 1.78. The van der Waals surface area contributed by atoms with Gasteiger partial charge in [0.15, 0.2) is 0 Å². The van der Waals surface area contributed by atoms with Crippen LogP contribution in [-0.2, 0) is 0 Å². The second-order valence-electron chi connectivity index (χ2n) is 4.47. The predicted molar refractivity (Wildman–Crippen MR) is 85.3 cm³/mol. The molecule has 2 rings (SSSR count). The maximum absolute atomic E-state index is 12.2. The van der Waals surface area contributed by atoms with Crippen LogP contribution in [0.2, 0.25) is 0 Å². The number of amides is 1. The Hall–Kier alpha value is -1.52. The van der Waals surface area contributed by atoms with E-state index in [9.17, 15) is 4.79 Å². The standard InChI is InChI=1S/C16H19NO2S/c18-10-4-11-20-12-9-17-16(19)15-8-3-6-13-5-1-2-7-14(13)15/h1-3,5-8,18H,4,9-12H2,(H,17,19). The molecule has 0 bridgehead atoms. The molecule has 0 radical (unpaired) electrons. The van der Waals surface area contributed by atoms with Gasteiger partial charge >= 0.3 is 0 Å². The van der Waals surface area contributed by atoms with E-state index in [-0.39, 0.29) is 12.5 Å². The molecule has 3 nitrogen and oxygen atoms in total. The highest BCUT2D eigenvalue weighted by Crippen LogP contribution is 2.18. The number of aliphatic hydroxyl groups is 1. The van der Waals surface area contributed by atoms with Crippen LogP contribution in [0.1, 0.15) is 16.8 Å². The molecule has 20 heavy (non-hydrogen) atoms. The first kappa shape index (κ1) is 14.9. The van der Waals surface area contributed by atoms with Crippen molar-refractivity contribution in [3.05, 3.63) is 48.0 Å². The van der Waals surface area contributed by atoms with Crippen LogP contribution < -0.4 is 5.32 Å². The number of hydrogen-bond donors (Lipinski definition) is 2. The number of carbonyl (C=O) groups is 1. The van der Waals surface area contributed by atoms with Gasteiger partial charge in [0.2, 0.25) is 0 Å². The van der Waals surface area contributed by atoms with E-state index in [2.05, 4.69) is 5.32 Å². The number of benzene rings is 2. The molecule has 0 spiro atoms. The average molecular weight is 289 g/mol. The minimum absolute atomic E-state index is 0.0236. The molecule has 106 valence electrons. The van der Waals surface area contributed by atoms with Crippen LogP contribution >= 0.6 is 11.8 Å². The van der Waals surface area contributed by atoms with Crippen molar-refractivity contribution in [2.45, 2.75) is 6.42 Å². The number of nitrogens with one attached hydrogen (secondary N) is 1. The Labute approximate surface area is 123 Å². The molecule has 0 atom stereocenters. The third-order valence-corrected chi connectivity index (χ3v) is 4.08. The highest BCUT2D eigenvalue weighted by Gasteiger charge is 2.08. The fourth-order valence-corrected chi connectivity index (χ4v) is 2.81. The molecule has 0 aliphatic heterocycles. The van der Waals surface area contributed by atoms with Gasteiger partial charge in [0, 0.05) is 24.5 Å². The van der Waals surface area contributed by atoms with Gasteiger partial charge < -0.3 is 10.4 Å². The normalized spacial score (nSPS) is 10.7. The van der Waals surface area contributed by atoms with Crippen LogP contribution in [0.3, 0.4) is 0 Å². The van der Waals surface area contributed by atoms with Crippen LogP contribution in [0.5, 0.6) is 0 Å². The van der Waals surface area contributed by atoms with Crippen LogP contribution in [0.4, 0.5) is 0 Å². The number of aliphatic hydroxyl groups excluding tert-OH is 1. The highest BCUT2D eigenvalue weighted by atomic mass is 32.2. The number of carbonyl (C=O) groups excluding carboxylic acids is 1. The molecular formula is C16H19NO2S. The molecule has 1 amide bonds. The van der Waals surface area contributed by atoms with Crippen molar-refractivity contribution < 1.29 is 9.90 Å². The second-order valence-corrected chi connectivity index (χ2v) is 5.70. The molecular weight excluding hydrogens is 270 g/mol. The maximum Gasteiger partial charge on any atom is 0.251 e. The molecule has 2 aromatic carbocycles. The van der Waals surface area contributed by atoms with Crippen molar-refractivity contribution in [2.75, 3.05) is 24.7 Å². The van der Waals surface area contributed by atoms with Gasteiger partial charge in [-0.1, -0.05) is 36.4 Å². The molecule has 0 aliphatic carbocycles. The number of hydrogen-bond acceptors (Lipinski definition) is 3. The zero-order valence-electron chi connectivity index (χ0n) is 11.3. The third-order valence-electron chi connectivity index (χ3n) is 3.01. The summed E-state index contributed by atoms with van der Waals surface area (Å²) in [5.41, 5.74) is 0.725. The van der Waals surface area contributed by atoms with Gasteiger partial charge in [-0.25, -0.2) is 0 Å². The Morgan fingerprint density at radius 1 is 1.10 bits per heavy atom. The van der Waals surface area contributed by atoms with E-state index in [1.54, 1.807) is 11.8 Å². The lowest BCUT2D eigenvalue weighted by Crippen LogP contribution is -2.26. The fourth-order valence-electron chi connectivity index (χ4n) is 2.02. The zero-order chi connectivity index (χ0) is 14.2. The summed E-state index contributed by atoms with van der Waals surface area (Å²) in [7, 11) is 0. The summed E-state index contributed by atoms with van der Waals surface area (Å²) in [6.45, 7) is 0.882. The van der Waals surface area contributed by atoms with Crippen molar-refractivity contribution in [3.63, 3.8) is 0 Å². The van der Waals surface area contributed by atoms with E-state index in [0.717, 1.165) is 34.3 Å². The second kappa shape index (κ2) is 7.92. The fraction of sp³-hybridized carbons (Fsp3) is 0.312. The minimum atomic E-state index is -0.0236. The Morgan fingerprint density at radius 3 is 2.75 bits per heavy atom. The highest BCUT2D eigenvalue weighted by molar-refractivity contribution is 7.99. The lowest BCUT2D eigenvalue weighted by molar-refractivity contribution is 0.0958.